The summed E-state index contributed by atoms with van der Waals surface area (Å²) in [6.45, 7) is 4.04. The molecule has 11 heavy (non-hydrogen) atoms. The lowest BCUT2D eigenvalue weighted by molar-refractivity contribution is 0.458. The van der Waals surface area contributed by atoms with Gasteiger partial charge >= 0.3 is 0 Å². The standard InChI is InChI=1S/C7H16N4/c1-6(11-8)10-7-2-4-9-5-3-7/h7,9H,2-5,8H2,1H3,(H,10,11). The Morgan fingerprint density at radius 3 is 2.73 bits per heavy atom. The third kappa shape index (κ3) is 2.86. The number of nitrogens with zero attached hydrogens (tertiary/aromatic N) is 1. The summed E-state index contributed by atoms with van der Waals surface area (Å²) in [6, 6.07) is 0.465. The van der Waals surface area contributed by atoms with Crippen LogP contribution in [0.1, 0.15) is 19.8 Å². The molecule has 1 fully saturated rings. The molecule has 4 nitrogen and oxygen atoms in total. The Labute approximate surface area is 67.2 Å². The van der Waals surface area contributed by atoms with Crippen LogP contribution in [0.5, 0.6) is 0 Å². The highest BCUT2D eigenvalue weighted by molar-refractivity contribution is 5.78. The van der Waals surface area contributed by atoms with Gasteiger partial charge in [0, 0.05) is 0 Å². The molecule has 0 aromatic carbocycles. The first kappa shape index (κ1) is 8.49. The van der Waals surface area contributed by atoms with Crippen LogP contribution in [0.15, 0.2) is 4.99 Å². The lowest BCUT2D eigenvalue weighted by Gasteiger charge is -2.19. The SMILES string of the molecule is CC(=NC1CCNCC1)NN. The first-order chi connectivity index (χ1) is 5.33. The molecule has 0 unspecified atom stereocenters. The van der Waals surface area contributed by atoms with Crippen molar-refractivity contribution in [1.82, 2.24) is 10.7 Å². The number of nitrogens with two attached hydrogens (primary N) is 1. The highest BCUT2D eigenvalue weighted by Crippen LogP contribution is 2.06. The predicted molar refractivity (Wildman–Crippen MR) is 46.3 cm³/mol. The van der Waals surface area contributed by atoms with Gasteiger partial charge in [-0.05, 0) is 32.9 Å². The first-order valence-electron chi connectivity index (χ1n) is 4.04. The zero-order valence-electron chi connectivity index (χ0n) is 6.93. The lowest BCUT2D eigenvalue weighted by Crippen LogP contribution is -2.33. The van der Waals surface area contributed by atoms with Gasteiger partial charge in [0.1, 0.15) is 5.84 Å². The monoisotopic (exact) mass is 156 g/mol. The maximum atomic E-state index is 5.19. The molecule has 1 aliphatic heterocycles. The molecule has 0 amide bonds. The van der Waals surface area contributed by atoms with Crippen LogP contribution in [0.25, 0.3) is 0 Å². The first-order valence-corrected chi connectivity index (χ1v) is 4.04. The van der Waals surface area contributed by atoms with Gasteiger partial charge in [-0.3, -0.25) is 4.99 Å². The van der Waals surface area contributed by atoms with E-state index in [2.05, 4.69) is 15.7 Å². The van der Waals surface area contributed by atoms with E-state index >= 15 is 0 Å². The van der Waals surface area contributed by atoms with Crippen molar-refractivity contribution in [3.05, 3.63) is 0 Å². The van der Waals surface area contributed by atoms with E-state index in [-0.39, 0.29) is 0 Å². The van der Waals surface area contributed by atoms with Crippen molar-refractivity contribution in [2.75, 3.05) is 13.1 Å². The second kappa shape index (κ2) is 4.31. The summed E-state index contributed by atoms with van der Waals surface area (Å²) in [5.41, 5.74) is 2.54. The topological polar surface area (TPSA) is 62.4 Å². The summed E-state index contributed by atoms with van der Waals surface area (Å²) in [5, 5.41) is 3.29. The van der Waals surface area contributed by atoms with E-state index in [1.807, 2.05) is 6.92 Å². The van der Waals surface area contributed by atoms with E-state index in [9.17, 15) is 0 Å². The van der Waals surface area contributed by atoms with Gasteiger partial charge in [0.05, 0.1) is 6.04 Å². The lowest BCUT2D eigenvalue weighted by atomic mass is 10.1. The molecule has 1 rings (SSSR count). The zero-order chi connectivity index (χ0) is 8.10. The fourth-order valence-corrected chi connectivity index (χ4v) is 1.25. The van der Waals surface area contributed by atoms with E-state index in [0.29, 0.717) is 6.04 Å². The smallest absolute Gasteiger partial charge is 0.107 e. The summed E-state index contributed by atoms with van der Waals surface area (Å²) < 4.78 is 0. The highest BCUT2D eigenvalue weighted by atomic mass is 15.2. The second-order valence-corrected chi connectivity index (χ2v) is 2.84. The number of rotatable bonds is 1. The molecule has 4 N–H and O–H groups in total. The Bertz CT molecular complexity index is 137. The molecule has 0 aromatic heterocycles. The Morgan fingerprint density at radius 1 is 1.55 bits per heavy atom. The Hall–Kier alpha value is -0.610. The zero-order valence-corrected chi connectivity index (χ0v) is 6.93. The van der Waals surface area contributed by atoms with Gasteiger partial charge in [-0.1, -0.05) is 0 Å². The third-order valence-electron chi connectivity index (χ3n) is 1.89. The van der Waals surface area contributed by atoms with Crippen LogP contribution in [0.3, 0.4) is 0 Å². The number of aliphatic imine (C=N–C) groups is 1. The van der Waals surface area contributed by atoms with Crippen LogP contribution >= 0.6 is 0 Å². The molecule has 0 saturated carbocycles. The molecular weight excluding hydrogens is 140 g/mol. The second-order valence-electron chi connectivity index (χ2n) is 2.84. The van der Waals surface area contributed by atoms with Gasteiger partial charge in [-0.25, -0.2) is 5.84 Å². The highest BCUT2D eigenvalue weighted by Gasteiger charge is 2.10. The molecule has 1 saturated heterocycles. The van der Waals surface area contributed by atoms with E-state index < -0.39 is 0 Å². The van der Waals surface area contributed by atoms with Crippen molar-refractivity contribution in [1.29, 1.82) is 0 Å². The normalized spacial score (nSPS) is 21.8. The quantitative estimate of drug-likeness (QED) is 0.210. The van der Waals surface area contributed by atoms with Crippen LogP contribution < -0.4 is 16.6 Å². The predicted octanol–water partition coefficient (Wildman–Crippen LogP) is -0.380. The molecule has 4 heteroatoms. The van der Waals surface area contributed by atoms with Crippen molar-refractivity contribution in [2.45, 2.75) is 25.8 Å². The summed E-state index contributed by atoms with van der Waals surface area (Å²) >= 11 is 0. The summed E-state index contributed by atoms with van der Waals surface area (Å²) in [5.74, 6) is 6.02. The molecule has 1 heterocycles. The van der Waals surface area contributed by atoms with Crippen LogP contribution in [0, 0.1) is 0 Å². The Morgan fingerprint density at radius 2 is 2.18 bits per heavy atom. The largest absolute Gasteiger partial charge is 0.317 e. The van der Waals surface area contributed by atoms with E-state index in [4.69, 9.17) is 5.84 Å². The number of piperidine rings is 1. The third-order valence-corrected chi connectivity index (χ3v) is 1.89. The summed E-state index contributed by atoms with van der Waals surface area (Å²) in [7, 11) is 0. The molecule has 1 aliphatic rings. The van der Waals surface area contributed by atoms with E-state index in [1.54, 1.807) is 0 Å². The van der Waals surface area contributed by atoms with Crippen molar-refractivity contribution in [3.8, 4) is 0 Å². The summed E-state index contributed by atoms with van der Waals surface area (Å²) in [4.78, 5) is 4.40. The number of hydrogen-bond acceptors (Lipinski definition) is 3. The van der Waals surface area contributed by atoms with Gasteiger partial charge in [-0.15, -0.1) is 0 Å². The van der Waals surface area contributed by atoms with Crippen LogP contribution in [0.4, 0.5) is 0 Å². The van der Waals surface area contributed by atoms with Gasteiger partial charge < -0.3 is 10.7 Å². The Balaban J connectivity index is 2.34. The average molecular weight is 156 g/mol. The average Bonchev–Trinajstić information content (AvgIpc) is 2.06. The molecule has 0 spiro atoms. The maximum absolute atomic E-state index is 5.19. The number of nitrogens with one attached hydrogen (secondary N) is 2. The number of hydrazine groups is 1. The van der Waals surface area contributed by atoms with E-state index in [1.165, 1.54) is 0 Å². The van der Waals surface area contributed by atoms with Crippen molar-refractivity contribution >= 4 is 5.84 Å². The van der Waals surface area contributed by atoms with Crippen LogP contribution in [0.2, 0.25) is 0 Å². The number of hydrogen-bond donors (Lipinski definition) is 3. The fraction of sp³-hybridized carbons (Fsp3) is 0.857. The molecule has 0 radical (unpaired) electrons. The maximum Gasteiger partial charge on any atom is 0.107 e. The van der Waals surface area contributed by atoms with Gasteiger partial charge in [0.15, 0.2) is 0 Å². The van der Waals surface area contributed by atoms with E-state index in [0.717, 1.165) is 31.8 Å². The Kier molecular flexibility index (Phi) is 3.32. The molecule has 0 aliphatic carbocycles. The molecular formula is C7H16N4. The molecule has 0 aromatic rings. The van der Waals surface area contributed by atoms with Gasteiger partial charge in [0.25, 0.3) is 0 Å². The minimum atomic E-state index is 0.465. The van der Waals surface area contributed by atoms with Crippen molar-refractivity contribution in [2.24, 2.45) is 10.8 Å². The fourth-order valence-electron chi connectivity index (χ4n) is 1.25. The van der Waals surface area contributed by atoms with Crippen molar-refractivity contribution in [3.63, 3.8) is 0 Å². The minimum absolute atomic E-state index is 0.465. The number of amidine groups is 1. The molecule has 0 bridgehead atoms. The van der Waals surface area contributed by atoms with Gasteiger partial charge in [0.2, 0.25) is 0 Å². The molecule has 0 atom stereocenters. The van der Waals surface area contributed by atoms with Crippen LogP contribution in [-0.2, 0) is 0 Å². The van der Waals surface area contributed by atoms with Crippen LogP contribution in [-0.4, -0.2) is 25.0 Å². The summed E-state index contributed by atoms with van der Waals surface area (Å²) in [6.07, 6.45) is 2.25. The molecule has 64 valence electrons. The minimum Gasteiger partial charge on any atom is -0.317 e. The van der Waals surface area contributed by atoms with Crippen molar-refractivity contribution < 1.29 is 0 Å². The van der Waals surface area contributed by atoms with Gasteiger partial charge in [-0.2, -0.15) is 0 Å².